The van der Waals surface area contributed by atoms with Gasteiger partial charge in [0, 0.05) is 18.7 Å². The Bertz CT molecular complexity index is 701. The molecule has 2 amide bonds. The first-order valence-electron chi connectivity index (χ1n) is 7.77. The van der Waals surface area contributed by atoms with E-state index in [0.717, 1.165) is 5.56 Å². The van der Waals surface area contributed by atoms with E-state index in [4.69, 9.17) is 4.74 Å². The normalized spacial score (nSPS) is 11.5. The highest BCUT2D eigenvalue weighted by Gasteiger charge is 2.21. The summed E-state index contributed by atoms with van der Waals surface area (Å²) in [5.74, 6) is 0.266. The fourth-order valence-corrected chi connectivity index (χ4v) is 2.49. The molecule has 0 aliphatic carbocycles. The van der Waals surface area contributed by atoms with E-state index >= 15 is 0 Å². The molecule has 0 radical (unpaired) electrons. The minimum absolute atomic E-state index is 0.0113. The summed E-state index contributed by atoms with van der Waals surface area (Å²) in [6.07, 6.45) is 0. The summed E-state index contributed by atoms with van der Waals surface area (Å²) in [5, 5.41) is 2.80. The van der Waals surface area contributed by atoms with E-state index in [9.17, 15) is 9.59 Å². The number of ether oxygens (including phenoxy) is 1. The van der Waals surface area contributed by atoms with Gasteiger partial charge in [0.1, 0.15) is 12.3 Å². The van der Waals surface area contributed by atoms with Crippen LogP contribution in [0.3, 0.4) is 0 Å². The zero-order chi connectivity index (χ0) is 17.5. The topological polar surface area (TPSA) is 58.6 Å². The van der Waals surface area contributed by atoms with Crippen molar-refractivity contribution in [3.05, 3.63) is 60.2 Å². The molecule has 0 saturated carbocycles. The van der Waals surface area contributed by atoms with Gasteiger partial charge >= 0.3 is 0 Å². The highest BCUT2D eigenvalue weighted by atomic mass is 16.5. The Morgan fingerprint density at radius 3 is 2.46 bits per heavy atom. The molecule has 2 aromatic rings. The summed E-state index contributed by atoms with van der Waals surface area (Å²) in [4.78, 5) is 25.8. The molecule has 5 nitrogen and oxygen atoms in total. The van der Waals surface area contributed by atoms with Crippen molar-refractivity contribution >= 4 is 17.5 Å². The van der Waals surface area contributed by atoms with Crippen LogP contribution in [0.25, 0.3) is 0 Å². The lowest BCUT2D eigenvalue weighted by Gasteiger charge is -2.28. The van der Waals surface area contributed by atoms with Gasteiger partial charge in [-0.3, -0.25) is 9.59 Å². The van der Waals surface area contributed by atoms with Gasteiger partial charge < -0.3 is 15.0 Å². The Hall–Kier alpha value is -2.82. The van der Waals surface area contributed by atoms with Crippen molar-refractivity contribution in [1.29, 1.82) is 0 Å². The third kappa shape index (κ3) is 4.59. The molecule has 126 valence electrons. The Morgan fingerprint density at radius 1 is 1.12 bits per heavy atom. The number of carbonyl (C=O) groups is 2. The number of carbonyl (C=O) groups excluding carboxylic acids is 2. The maximum Gasteiger partial charge on any atom is 0.244 e. The molecular formula is C19H22N2O3. The molecule has 24 heavy (non-hydrogen) atoms. The van der Waals surface area contributed by atoms with Crippen molar-refractivity contribution in [1.82, 2.24) is 4.90 Å². The van der Waals surface area contributed by atoms with E-state index in [1.54, 1.807) is 36.3 Å². The van der Waals surface area contributed by atoms with Gasteiger partial charge in [0.05, 0.1) is 13.2 Å². The number of amides is 2. The molecule has 1 N–H and O–H groups in total. The van der Waals surface area contributed by atoms with Gasteiger partial charge in [-0.15, -0.1) is 0 Å². The third-order valence-electron chi connectivity index (χ3n) is 3.82. The van der Waals surface area contributed by atoms with Crippen LogP contribution in [0.5, 0.6) is 5.75 Å². The molecule has 2 aromatic carbocycles. The molecule has 0 aliphatic rings. The maximum absolute atomic E-state index is 12.3. The third-order valence-corrected chi connectivity index (χ3v) is 3.82. The summed E-state index contributed by atoms with van der Waals surface area (Å²) < 4.78 is 5.14. The number of nitrogens with zero attached hydrogens (tertiary/aromatic N) is 1. The second-order valence-electron chi connectivity index (χ2n) is 5.51. The predicted octanol–water partition coefficient (Wildman–Crippen LogP) is 3.24. The van der Waals surface area contributed by atoms with Crippen LogP contribution in [0.15, 0.2) is 54.6 Å². The van der Waals surface area contributed by atoms with Crippen LogP contribution in [-0.4, -0.2) is 30.4 Å². The Morgan fingerprint density at radius 2 is 1.83 bits per heavy atom. The molecule has 0 fully saturated rings. The number of hydrogen-bond acceptors (Lipinski definition) is 3. The van der Waals surface area contributed by atoms with Crippen molar-refractivity contribution in [3.63, 3.8) is 0 Å². The molecule has 0 saturated heterocycles. The van der Waals surface area contributed by atoms with Gasteiger partial charge in [-0.2, -0.15) is 0 Å². The smallest absolute Gasteiger partial charge is 0.244 e. The molecular weight excluding hydrogens is 304 g/mol. The fraction of sp³-hybridized carbons (Fsp3) is 0.263. The number of anilines is 1. The largest absolute Gasteiger partial charge is 0.497 e. The number of benzene rings is 2. The van der Waals surface area contributed by atoms with Gasteiger partial charge in [0.2, 0.25) is 11.8 Å². The molecule has 1 atom stereocenters. The quantitative estimate of drug-likeness (QED) is 0.886. The number of hydrogen-bond donors (Lipinski definition) is 1. The number of methoxy groups -OCH3 is 1. The molecule has 0 heterocycles. The van der Waals surface area contributed by atoms with Crippen molar-refractivity contribution in [2.75, 3.05) is 19.0 Å². The monoisotopic (exact) mass is 326 g/mol. The highest BCUT2D eigenvalue weighted by Crippen LogP contribution is 2.21. The maximum atomic E-state index is 12.3. The summed E-state index contributed by atoms with van der Waals surface area (Å²) in [6, 6.07) is 16.6. The van der Waals surface area contributed by atoms with Gasteiger partial charge in [-0.1, -0.05) is 36.4 Å². The van der Waals surface area contributed by atoms with Crippen LogP contribution >= 0.6 is 0 Å². The Labute approximate surface area is 142 Å². The molecule has 0 aliphatic heterocycles. The molecule has 1 unspecified atom stereocenters. The second-order valence-corrected chi connectivity index (χ2v) is 5.51. The predicted molar refractivity (Wildman–Crippen MR) is 93.9 cm³/mol. The molecule has 5 heteroatoms. The Kier molecular flexibility index (Phi) is 5.95. The number of nitrogens with one attached hydrogen (secondary N) is 1. The van der Waals surface area contributed by atoms with E-state index in [0.29, 0.717) is 11.4 Å². The summed E-state index contributed by atoms with van der Waals surface area (Å²) in [7, 11) is 1.57. The summed E-state index contributed by atoms with van der Waals surface area (Å²) in [5.41, 5.74) is 1.62. The average molecular weight is 326 g/mol. The SMILES string of the molecule is COc1cccc(NC(=O)CN(C(C)=O)C(C)c2ccccc2)c1. The lowest BCUT2D eigenvalue weighted by atomic mass is 10.1. The molecule has 0 aromatic heterocycles. The van der Waals surface area contributed by atoms with Crippen molar-refractivity contribution in [2.24, 2.45) is 0 Å². The van der Waals surface area contributed by atoms with E-state index < -0.39 is 0 Å². The van der Waals surface area contributed by atoms with Crippen LogP contribution in [0, 0.1) is 0 Å². The van der Waals surface area contributed by atoms with Gasteiger partial charge in [-0.25, -0.2) is 0 Å². The zero-order valence-electron chi connectivity index (χ0n) is 14.2. The van der Waals surface area contributed by atoms with Gasteiger partial charge in [-0.05, 0) is 24.6 Å². The van der Waals surface area contributed by atoms with Crippen LogP contribution in [0.1, 0.15) is 25.5 Å². The average Bonchev–Trinajstić information content (AvgIpc) is 2.59. The summed E-state index contributed by atoms with van der Waals surface area (Å²) >= 11 is 0. The Balaban J connectivity index is 2.07. The molecule has 0 spiro atoms. The zero-order valence-corrected chi connectivity index (χ0v) is 14.2. The van der Waals surface area contributed by atoms with Crippen molar-refractivity contribution < 1.29 is 14.3 Å². The first kappa shape index (κ1) is 17.5. The van der Waals surface area contributed by atoms with Crippen molar-refractivity contribution in [2.45, 2.75) is 19.9 Å². The van der Waals surface area contributed by atoms with Gasteiger partial charge in [0.25, 0.3) is 0 Å². The minimum atomic E-state index is -0.249. The first-order chi connectivity index (χ1) is 11.5. The van der Waals surface area contributed by atoms with E-state index in [1.165, 1.54) is 6.92 Å². The van der Waals surface area contributed by atoms with Crippen LogP contribution in [-0.2, 0) is 9.59 Å². The minimum Gasteiger partial charge on any atom is -0.497 e. The second kappa shape index (κ2) is 8.15. The van der Waals surface area contributed by atoms with Crippen LogP contribution < -0.4 is 10.1 Å². The lowest BCUT2D eigenvalue weighted by Crippen LogP contribution is -2.38. The molecule has 2 rings (SSSR count). The number of rotatable bonds is 6. The standard InChI is InChI=1S/C19H22N2O3/c1-14(16-8-5-4-6-9-16)21(15(2)22)13-19(23)20-17-10-7-11-18(12-17)24-3/h4-12,14H,13H2,1-3H3,(H,20,23). The van der Waals surface area contributed by atoms with Crippen LogP contribution in [0.4, 0.5) is 5.69 Å². The van der Waals surface area contributed by atoms with E-state index in [-0.39, 0.29) is 24.4 Å². The van der Waals surface area contributed by atoms with E-state index in [1.807, 2.05) is 37.3 Å². The lowest BCUT2D eigenvalue weighted by molar-refractivity contribution is -0.134. The summed E-state index contributed by atoms with van der Waals surface area (Å²) in [6.45, 7) is 3.37. The van der Waals surface area contributed by atoms with Crippen LogP contribution in [0.2, 0.25) is 0 Å². The first-order valence-corrected chi connectivity index (χ1v) is 7.77. The van der Waals surface area contributed by atoms with E-state index in [2.05, 4.69) is 5.32 Å². The molecule has 0 bridgehead atoms. The van der Waals surface area contributed by atoms with Gasteiger partial charge in [0.15, 0.2) is 0 Å². The van der Waals surface area contributed by atoms with Crippen molar-refractivity contribution in [3.8, 4) is 5.75 Å². The highest BCUT2D eigenvalue weighted by molar-refractivity contribution is 5.94. The fourth-order valence-electron chi connectivity index (χ4n) is 2.49.